The molecule has 0 spiro atoms. The van der Waals surface area contributed by atoms with Crippen molar-refractivity contribution in [1.82, 2.24) is 0 Å². The summed E-state index contributed by atoms with van der Waals surface area (Å²) in [6.07, 6.45) is 72.3. The number of aliphatic hydroxyl groups is 1. The van der Waals surface area contributed by atoms with Crippen molar-refractivity contribution in [3.63, 3.8) is 0 Å². The van der Waals surface area contributed by atoms with E-state index in [1.54, 1.807) is 0 Å². The second kappa shape index (κ2) is 74.9. The summed E-state index contributed by atoms with van der Waals surface area (Å²) in [5.74, 6) is -1.35. The van der Waals surface area contributed by atoms with Gasteiger partial charge in [-0.05, 0) is 83.0 Å². The van der Waals surface area contributed by atoms with Crippen LogP contribution in [0.4, 0.5) is 0 Å². The molecule has 5 atom stereocenters. The second-order valence-corrected chi connectivity index (χ2v) is 31.9. The number of carbonyl (C=O) groups excluding carboxylic acids is 4. The third-order valence-corrected chi connectivity index (χ3v) is 20.2. The first-order valence-corrected chi connectivity index (χ1v) is 44.8. The molecule has 0 saturated heterocycles. The fourth-order valence-electron chi connectivity index (χ4n) is 11.9. The molecule has 102 heavy (non-hydrogen) atoms. The summed E-state index contributed by atoms with van der Waals surface area (Å²) >= 11 is 0. The van der Waals surface area contributed by atoms with Crippen LogP contribution in [-0.4, -0.2) is 96.7 Å². The van der Waals surface area contributed by atoms with Gasteiger partial charge >= 0.3 is 39.5 Å². The zero-order chi connectivity index (χ0) is 74.8. The van der Waals surface area contributed by atoms with E-state index in [1.165, 1.54) is 186 Å². The van der Waals surface area contributed by atoms with Gasteiger partial charge in [-0.2, -0.15) is 0 Å². The van der Waals surface area contributed by atoms with Crippen molar-refractivity contribution >= 4 is 39.5 Å². The molecule has 0 bridgehead atoms. The first-order chi connectivity index (χ1) is 49.5. The Hall–Kier alpha value is -2.98. The van der Waals surface area contributed by atoms with E-state index in [1.807, 2.05) is 0 Å². The van der Waals surface area contributed by atoms with Gasteiger partial charge in [-0.25, -0.2) is 9.13 Å². The molecule has 0 heterocycles. The van der Waals surface area contributed by atoms with E-state index in [0.29, 0.717) is 25.7 Å². The molecule has 0 fully saturated rings. The number of rotatable bonds is 79. The molecule has 0 aromatic rings. The first kappa shape index (κ1) is 99.0. The lowest BCUT2D eigenvalue weighted by Gasteiger charge is -2.21. The number of phosphoric ester groups is 2. The third kappa shape index (κ3) is 75.3. The molecule has 0 aliphatic carbocycles. The van der Waals surface area contributed by atoms with Gasteiger partial charge in [0.2, 0.25) is 0 Å². The third-order valence-electron chi connectivity index (χ3n) is 18.3. The molecule has 0 aliphatic heterocycles. The number of carbonyl (C=O) groups is 4. The van der Waals surface area contributed by atoms with E-state index in [4.69, 9.17) is 37.0 Å². The second-order valence-electron chi connectivity index (χ2n) is 29.0. The van der Waals surface area contributed by atoms with Gasteiger partial charge in [-0.1, -0.05) is 340 Å². The molecule has 0 rings (SSSR count). The largest absolute Gasteiger partial charge is 0.472 e. The van der Waals surface area contributed by atoms with Crippen LogP contribution >= 0.6 is 15.6 Å². The normalized spacial score (nSPS) is 14.1. The summed E-state index contributed by atoms with van der Waals surface area (Å²) < 4.78 is 68.7. The maximum atomic E-state index is 13.1. The van der Waals surface area contributed by atoms with Crippen molar-refractivity contribution in [2.75, 3.05) is 39.6 Å². The molecule has 17 nitrogen and oxygen atoms in total. The molecular formula is C83H154O17P2. The van der Waals surface area contributed by atoms with Crippen molar-refractivity contribution in [2.24, 2.45) is 5.92 Å². The van der Waals surface area contributed by atoms with Gasteiger partial charge in [0.05, 0.1) is 26.4 Å². The minimum absolute atomic E-state index is 0.0832. The van der Waals surface area contributed by atoms with E-state index in [-0.39, 0.29) is 25.7 Å². The number of esters is 4. The number of ether oxygens (including phenoxy) is 4. The van der Waals surface area contributed by atoms with E-state index in [9.17, 15) is 43.2 Å². The van der Waals surface area contributed by atoms with Gasteiger partial charge in [0.25, 0.3) is 0 Å². The Labute approximate surface area is 623 Å². The summed E-state index contributed by atoms with van der Waals surface area (Å²) in [5.41, 5.74) is 0. The van der Waals surface area contributed by atoms with Gasteiger partial charge in [0, 0.05) is 25.7 Å². The Balaban J connectivity index is 5.29. The number of aliphatic hydroxyl groups excluding tert-OH is 1. The van der Waals surface area contributed by atoms with Crippen molar-refractivity contribution in [3.8, 4) is 0 Å². The number of phosphoric acid groups is 2. The number of allylic oxidation sites excluding steroid dienone is 8. The van der Waals surface area contributed by atoms with Crippen LogP contribution in [0, 0.1) is 5.92 Å². The molecule has 0 aliphatic rings. The summed E-state index contributed by atoms with van der Waals surface area (Å²) in [4.78, 5) is 73.0. The summed E-state index contributed by atoms with van der Waals surface area (Å²) in [6, 6.07) is 0. The number of hydrogen-bond donors (Lipinski definition) is 3. The van der Waals surface area contributed by atoms with Crippen molar-refractivity contribution < 1.29 is 80.2 Å². The molecular weight excluding hydrogens is 1330 g/mol. The van der Waals surface area contributed by atoms with Crippen LogP contribution in [0.5, 0.6) is 0 Å². The molecule has 0 saturated carbocycles. The topological polar surface area (TPSA) is 237 Å². The highest BCUT2D eigenvalue weighted by molar-refractivity contribution is 7.47. The molecule has 2 unspecified atom stereocenters. The molecule has 598 valence electrons. The Bertz CT molecular complexity index is 2130. The Morgan fingerprint density at radius 1 is 0.304 bits per heavy atom. The maximum absolute atomic E-state index is 13.1. The summed E-state index contributed by atoms with van der Waals surface area (Å²) in [7, 11) is -9.95. The molecule has 0 aromatic carbocycles. The van der Waals surface area contributed by atoms with Gasteiger partial charge in [0.1, 0.15) is 19.3 Å². The molecule has 19 heteroatoms. The van der Waals surface area contributed by atoms with E-state index in [0.717, 1.165) is 128 Å². The highest BCUT2D eigenvalue weighted by Crippen LogP contribution is 2.45. The van der Waals surface area contributed by atoms with Gasteiger partial charge in [0.15, 0.2) is 12.2 Å². The van der Waals surface area contributed by atoms with Crippen molar-refractivity contribution in [2.45, 2.75) is 412 Å². The predicted molar refractivity (Wildman–Crippen MR) is 418 cm³/mol. The van der Waals surface area contributed by atoms with Crippen LogP contribution in [0.1, 0.15) is 394 Å². The standard InChI is InChI=1S/C83H154O17P2/c1-6-9-12-15-18-21-24-26-32-37-42-47-52-57-62-67-81(86)94-73-79(100-83(88)69-64-59-54-49-44-39-35-31-29-28-30-34-36-41-45-50-55-60-65-76(4)5)75-98-102(91,92)96-71-77(84)70-95-101(89,90)97-74-78(72-93-80(85)66-61-56-51-46-40-23-20-17-14-11-8-3)99-82(87)68-63-58-53-48-43-38-33-27-25-22-19-16-13-10-7-2/h21-22,24-27,32-33,76-79,84H,6-20,23,28-31,34-75H2,1-5H3,(H,89,90)(H,91,92)/b24-21-,25-22-,32-26-,33-27-/t77-,78+,79+/m0/s1. The smallest absolute Gasteiger partial charge is 0.462 e. The lowest BCUT2D eigenvalue weighted by atomic mass is 10.0. The zero-order valence-corrected chi connectivity index (χ0v) is 67.5. The van der Waals surface area contributed by atoms with Crippen molar-refractivity contribution in [3.05, 3.63) is 48.6 Å². The molecule has 3 N–H and O–H groups in total. The lowest BCUT2D eigenvalue weighted by Crippen LogP contribution is -2.30. The van der Waals surface area contributed by atoms with Gasteiger partial charge in [-0.3, -0.25) is 37.3 Å². The Kier molecular flexibility index (Phi) is 72.7. The fourth-order valence-corrected chi connectivity index (χ4v) is 13.4. The van der Waals surface area contributed by atoms with E-state index >= 15 is 0 Å². The van der Waals surface area contributed by atoms with Crippen molar-refractivity contribution in [1.29, 1.82) is 0 Å². The number of unbranched alkanes of at least 4 members (excludes halogenated alkanes) is 45. The van der Waals surface area contributed by atoms with Gasteiger partial charge in [-0.15, -0.1) is 0 Å². The van der Waals surface area contributed by atoms with Crippen LogP contribution in [0.15, 0.2) is 48.6 Å². The lowest BCUT2D eigenvalue weighted by molar-refractivity contribution is -0.161. The minimum atomic E-state index is -4.97. The van der Waals surface area contributed by atoms with E-state index in [2.05, 4.69) is 83.2 Å². The average molecular weight is 1490 g/mol. The minimum Gasteiger partial charge on any atom is -0.462 e. The molecule has 0 amide bonds. The van der Waals surface area contributed by atoms with Crippen LogP contribution in [-0.2, 0) is 65.4 Å². The summed E-state index contributed by atoms with van der Waals surface area (Å²) in [5, 5.41) is 10.6. The predicted octanol–water partition coefficient (Wildman–Crippen LogP) is 24.3. The van der Waals surface area contributed by atoms with Crippen LogP contribution in [0.2, 0.25) is 0 Å². The zero-order valence-electron chi connectivity index (χ0n) is 65.7. The number of hydrogen-bond acceptors (Lipinski definition) is 15. The van der Waals surface area contributed by atoms with Crippen LogP contribution in [0.3, 0.4) is 0 Å². The highest BCUT2D eigenvalue weighted by atomic mass is 31.2. The summed E-state index contributed by atoms with van der Waals surface area (Å²) in [6.45, 7) is 7.24. The highest BCUT2D eigenvalue weighted by Gasteiger charge is 2.30. The van der Waals surface area contributed by atoms with Crippen LogP contribution < -0.4 is 0 Å². The molecule has 0 radical (unpaired) electrons. The first-order valence-electron chi connectivity index (χ1n) is 41.8. The van der Waals surface area contributed by atoms with Gasteiger partial charge < -0.3 is 33.8 Å². The quantitative estimate of drug-likeness (QED) is 0.0169. The fraction of sp³-hybridized carbons (Fsp3) is 0.855. The average Bonchev–Trinajstić information content (AvgIpc) is 0.914. The SMILES string of the molecule is CCCCCC/C=C\C=C/CCCCCCCC(=O)OC[C@H](COP(=O)(O)OC[C@@H](O)COP(=O)(O)OC[C@@H](COC(=O)CCCCCCCCCCCCC)OC(=O)CCCCCCC/C=C\C=C/CCCCCC)OC(=O)CCCCCCCCCCCCCCCCCCCCC(C)C. The Morgan fingerprint density at radius 3 is 0.804 bits per heavy atom. The maximum Gasteiger partial charge on any atom is 0.472 e. The van der Waals surface area contributed by atoms with Crippen LogP contribution in [0.25, 0.3) is 0 Å². The van der Waals surface area contributed by atoms with E-state index < -0.39 is 97.5 Å². The molecule has 0 aromatic heterocycles. The Morgan fingerprint density at radius 2 is 0.529 bits per heavy atom. The monoisotopic (exact) mass is 1490 g/mol.